The Kier molecular flexibility index (Phi) is 6.75. The van der Waals surface area contributed by atoms with Crippen molar-refractivity contribution in [1.29, 1.82) is 0 Å². The second-order valence-electron chi connectivity index (χ2n) is 5.05. The molecule has 128 valence electrons. The van der Waals surface area contributed by atoms with Gasteiger partial charge in [0.2, 0.25) is 0 Å². The molecule has 6 heteroatoms. The predicted octanol–water partition coefficient (Wildman–Crippen LogP) is 4.25. The number of anilines is 1. The zero-order chi connectivity index (χ0) is 17.4. The number of amides is 2. The molecular weight excluding hydrogens is 328 g/mol. The number of carbonyl (C=O) groups excluding carboxylic acids is 1. The highest BCUT2D eigenvalue weighted by molar-refractivity contribution is 6.31. The van der Waals surface area contributed by atoms with Crippen LogP contribution in [-0.2, 0) is 0 Å². The summed E-state index contributed by atoms with van der Waals surface area (Å²) in [7, 11) is 0. The Morgan fingerprint density at radius 1 is 1.12 bits per heavy atom. The Bertz CT molecular complexity index is 692. The maximum absolute atomic E-state index is 11.9. The highest BCUT2D eigenvalue weighted by Crippen LogP contribution is 2.22. The number of rotatable bonds is 7. The van der Waals surface area contributed by atoms with Crippen molar-refractivity contribution in [1.82, 2.24) is 5.32 Å². The molecule has 0 unspecified atom stereocenters. The van der Waals surface area contributed by atoms with E-state index < -0.39 is 0 Å². The van der Waals surface area contributed by atoms with Crippen LogP contribution in [0.25, 0.3) is 0 Å². The van der Waals surface area contributed by atoms with Crippen LogP contribution < -0.4 is 20.1 Å². The molecule has 0 fully saturated rings. The first kappa shape index (κ1) is 17.9. The van der Waals surface area contributed by atoms with Crippen LogP contribution >= 0.6 is 11.6 Å². The second kappa shape index (κ2) is 9.03. The Morgan fingerprint density at radius 2 is 1.83 bits per heavy atom. The largest absolute Gasteiger partial charge is 0.494 e. The number of hydrogen-bond acceptors (Lipinski definition) is 3. The first-order chi connectivity index (χ1) is 11.6. The quantitative estimate of drug-likeness (QED) is 0.735. The average Bonchev–Trinajstić information content (AvgIpc) is 2.57. The molecule has 0 saturated heterocycles. The fraction of sp³-hybridized carbons (Fsp3) is 0.278. The van der Waals surface area contributed by atoms with Crippen LogP contribution in [0.2, 0.25) is 5.02 Å². The number of carbonyl (C=O) groups is 1. The van der Waals surface area contributed by atoms with Crippen molar-refractivity contribution in [3.63, 3.8) is 0 Å². The molecule has 24 heavy (non-hydrogen) atoms. The van der Waals surface area contributed by atoms with Crippen molar-refractivity contribution in [2.45, 2.75) is 13.8 Å². The monoisotopic (exact) mass is 348 g/mol. The van der Waals surface area contributed by atoms with E-state index in [1.54, 1.807) is 18.2 Å². The van der Waals surface area contributed by atoms with Gasteiger partial charge in [-0.25, -0.2) is 4.79 Å². The molecule has 0 aromatic heterocycles. The number of benzene rings is 2. The molecule has 2 aromatic carbocycles. The maximum Gasteiger partial charge on any atom is 0.319 e. The van der Waals surface area contributed by atoms with E-state index in [-0.39, 0.29) is 6.03 Å². The van der Waals surface area contributed by atoms with E-state index in [1.165, 1.54) is 0 Å². The minimum Gasteiger partial charge on any atom is -0.494 e. The van der Waals surface area contributed by atoms with Crippen molar-refractivity contribution in [3.8, 4) is 11.5 Å². The summed E-state index contributed by atoms with van der Waals surface area (Å²) in [5.74, 6) is 1.46. The molecule has 2 aromatic rings. The summed E-state index contributed by atoms with van der Waals surface area (Å²) in [6.45, 7) is 5.13. The summed E-state index contributed by atoms with van der Waals surface area (Å²) in [6, 6.07) is 12.5. The first-order valence-corrected chi connectivity index (χ1v) is 8.13. The molecule has 5 nitrogen and oxygen atoms in total. The highest BCUT2D eigenvalue weighted by atomic mass is 35.5. The molecule has 0 heterocycles. The van der Waals surface area contributed by atoms with Gasteiger partial charge in [0.25, 0.3) is 0 Å². The van der Waals surface area contributed by atoms with Gasteiger partial charge in [0, 0.05) is 16.8 Å². The van der Waals surface area contributed by atoms with Gasteiger partial charge < -0.3 is 20.1 Å². The number of nitrogens with one attached hydrogen (secondary N) is 2. The lowest BCUT2D eigenvalue weighted by atomic mass is 10.2. The average molecular weight is 349 g/mol. The Labute approximate surface area is 146 Å². The summed E-state index contributed by atoms with van der Waals surface area (Å²) in [6.07, 6.45) is 0. The fourth-order valence-corrected chi connectivity index (χ4v) is 2.24. The van der Waals surface area contributed by atoms with E-state index in [9.17, 15) is 4.79 Å². The summed E-state index contributed by atoms with van der Waals surface area (Å²) >= 11 is 6.03. The van der Waals surface area contributed by atoms with Gasteiger partial charge in [0.1, 0.15) is 18.1 Å². The van der Waals surface area contributed by atoms with Crippen molar-refractivity contribution in [2.75, 3.05) is 25.1 Å². The van der Waals surface area contributed by atoms with Crippen molar-refractivity contribution in [2.24, 2.45) is 0 Å². The summed E-state index contributed by atoms with van der Waals surface area (Å²) in [4.78, 5) is 11.9. The zero-order valence-corrected chi connectivity index (χ0v) is 14.5. The molecule has 0 aliphatic heterocycles. The molecule has 0 bridgehead atoms. The van der Waals surface area contributed by atoms with Crippen LogP contribution in [0.4, 0.5) is 10.5 Å². The molecular formula is C18H21ClN2O3. The number of urea groups is 1. The van der Waals surface area contributed by atoms with Crippen LogP contribution in [0.3, 0.4) is 0 Å². The molecule has 0 saturated carbocycles. The third-order valence-corrected chi connectivity index (χ3v) is 3.70. The maximum atomic E-state index is 11.9. The van der Waals surface area contributed by atoms with E-state index in [2.05, 4.69) is 10.6 Å². The molecule has 0 atom stereocenters. The molecule has 0 aliphatic carbocycles. The van der Waals surface area contributed by atoms with Gasteiger partial charge in [-0.1, -0.05) is 23.7 Å². The van der Waals surface area contributed by atoms with Gasteiger partial charge in [-0.05, 0) is 43.7 Å². The van der Waals surface area contributed by atoms with Crippen molar-refractivity contribution < 1.29 is 14.3 Å². The van der Waals surface area contributed by atoms with Gasteiger partial charge in [-0.15, -0.1) is 0 Å². The van der Waals surface area contributed by atoms with Crippen LogP contribution in [0, 0.1) is 6.92 Å². The molecule has 2 rings (SSSR count). The molecule has 0 aliphatic rings. The predicted molar refractivity (Wildman–Crippen MR) is 96.3 cm³/mol. The Hall–Kier alpha value is -2.40. The highest BCUT2D eigenvalue weighted by Gasteiger charge is 2.06. The topological polar surface area (TPSA) is 59.6 Å². The number of hydrogen-bond donors (Lipinski definition) is 2. The lowest BCUT2D eigenvalue weighted by Gasteiger charge is -2.12. The van der Waals surface area contributed by atoms with Gasteiger partial charge in [0.05, 0.1) is 13.2 Å². The van der Waals surface area contributed by atoms with Gasteiger partial charge in [-0.3, -0.25) is 0 Å². The van der Waals surface area contributed by atoms with E-state index in [0.717, 1.165) is 11.3 Å². The van der Waals surface area contributed by atoms with E-state index >= 15 is 0 Å². The van der Waals surface area contributed by atoms with E-state index in [1.807, 2.05) is 38.1 Å². The van der Waals surface area contributed by atoms with E-state index in [0.29, 0.717) is 36.2 Å². The summed E-state index contributed by atoms with van der Waals surface area (Å²) in [5, 5.41) is 6.12. The molecule has 2 amide bonds. The Balaban J connectivity index is 1.75. The van der Waals surface area contributed by atoms with Crippen LogP contribution in [-0.4, -0.2) is 25.8 Å². The van der Waals surface area contributed by atoms with Crippen LogP contribution in [0.1, 0.15) is 12.5 Å². The number of ether oxygens (including phenoxy) is 2. The summed E-state index contributed by atoms with van der Waals surface area (Å²) in [5.41, 5.74) is 1.52. The lowest BCUT2D eigenvalue weighted by molar-refractivity contribution is 0.247. The molecule has 0 radical (unpaired) electrons. The smallest absolute Gasteiger partial charge is 0.319 e. The third-order valence-electron chi connectivity index (χ3n) is 3.29. The van der Waals surface area contributed by atoms with Gasteiger partial charge >= 0.3 is 6.03 Å². The van der Waals surface area contributed by atoms with Crippen molar-refractivity contribution in [3.05, 3.63) is 53.1 Å². The SMILES string of the molecule is CCOc1cccc(OCCNC(=O)Nc2cccc(Cl)c2C)c1. The summed E-state index contributed by atoms with van der Waals surface area (Å²) < 4.78 is 11.0. The van der Waals surface area contributed by atoms with Gasteiger partial charge in [0.15, 0.2) is 0 Å². The molecule has 0 spiro atoms. The first-order valence-electron chi connectivity index (χ1n) is 7.75. The number of halogens is 1. The van der Waals surface area contributed by atoms with Gasteiger partial charge in [-0.2, -0.15) is 0 Å². The van der Waals surface area contributed by atoms with Crippen LogP contribution in [0.15, 0.2) is 42.5 Å². The second-order valence-corrected chi connectivity index (χ2v) is 5.46. The molecule has 2 N–H and O–H groups in total. The minimum atomic E-state index is -0.299. The minimum absolute atomic E-state index is 0.299. The lowest BCUT2D eigenvalue weighted by Crippen LogP contribution is -2.32. The standard InChI is InChI=1S/C18H21ClN2O3/c1-3-23-14-6-4-7-15(12-14)24-11-10-20-18(22)21-17-9-5-8-16(19)13(17)2/h4-9,12H,3,10-11H2,1-2H3,(H2,20,21,22). The Morgan fingerprint density at radius 3 is 2.58 bits per heavy atom. The van der Waals surface area contributed by atoms with Crippen molar-refractivity contribution >= 4 is 23.3 Å². The fourth-order valence-electron chi connectivity index (χ4n) is 2.06. The normalized spacial score (nSPS) is 10.1. The zero-order valence-electron chi connectivity index (χ0n) is 13.8. The van der Waals surface area contributed by atoms with Crippen LogP contribution in [0.5, 0.6) is 11.5 Å². The van der Waals surface area contributed by atoms with E-state index in [4.69, 9.17) is 21.1 Å². The third kappa shape index (κ3) is 5.35.